The maximum absolute atomic E-state index is 14.0. The third-order valence-electron chi connectivity index (χ3n) is 5.98. The van der Waals surface area contributed by atoms with E-state index in [1.807, 2.05) is 11.0 Å². The van der Waals surface area contributed by atoms with Gasteiger partial charge in [0.1, 0.15) is 5.82 Å². The summed E-state index contributed by atoms with van der Waals surface area (Å²) in [4.78, 5) is 15.1. The Morgan fingerprint density at radius 1 is 0.778 bits per heavy atom. The Morgan fingerprint density at radius 2 is 1.42 bits per heavy atom. The van der Waals surface area contributed by atoms with E-state index < -0.39 is 29.2 Å². The van der Waals surface area contributed by atoms with Crippen LogP contribution in [0.2, 0.25) is 0 Å². The number of rotatable bonds is 4. The highest BCUT2D eigenvalue weighted by molar-refractivity contribution is 5.80. The second kappa shape index (κ2) is 9.21. The van der Waals surface area contributed by atoms with Crippen LogP contribution in [-0.4, -0.2) is 41.1 Å². The Balaban J connectivity index is 1.46. The number of anilines is 2. The molecule has 2 aromatic heterocycles. The molecule has 0 saturated carbocycles. The van der Waals surface area contributed by atoms with Crippen LogP contribution in [0.5, 0.6) is 0 Å². The molecule has 5 rings (SSSR count). The van der Waals surface area contributed by atoms with E-state index in [-0.39, 0.29) is 30.2 Å². The number of H-pyrrole nitrogens is 1. The van der Waals surface area contributed by atoms with E-state index in [1.165, 1.54) is 12.3 Å². The van der Waals surface area contributed by atoms with Crippen molar-refractivity contribution >= 4 is 11.8 Å². The zero-order valence-corrected chi connectivity index (χ0v) is 18.7. The highest BCUT2D eigenvalue weighted by atomic mass is 19.4. The van der Waals surface area contributed by atoms with Crippen LogP contribution in [0.4, 0.5) is 38.1 Å². The van der Waals surface area contributed by atoms with Crippen molar-refractivity contribution in [3.05, 3.63) is 83.8 Å². The quantitative estimate of drug-likeness (QED) is 0.278. The first-order valence-electron chi connectivity index (χ1n) is 11.0. The summed E-state index contributed by atoms with van der Waals surface area (Å²) < 4.78 is 81.8. The van der Waals surface area contributed by atoms with Crippen molar-refractivity contribution in [2.45, 2.75) is 6.18 Å². The number of pyridine rings is 1. The summed E-state index contributed by atoms with van der Waals surface area (Å²) in [5.74, 6) is -3.99. The van der Waals surface area contributed by atoms with Gasteiger partial charge in [-0.05, 0) is 24.3 Å². The normalized spacial score (nSPS) is 14.4. The molecule has 0 atom stereocenters. The summed E-state index contributed by atoms with van der Waals surface area (Å²) in [7, 11) is 0. The molecule has 5 nitrogen and oxygen atoms in total. The van der Waals surface area contributed by atoms with Crippen molar-refractivity contribution in [2.75, 3.05) is 36.0 Å². The van der Waals surface area contributed by atoms with Crippen molar-refractivity contribution in [3.63, 3.8) is 0 Å². The van der Waals surface area contributed by atoms with E-state index in [2.05, 4.69) is 15.0 Å². The molecule has 2 aromatic carbocycles. The van der Waals surface area contributed by atoms with Gasteiger partial charge in [0.05, 0.1) is 17.0 Å². The Labute approximate surface area is 202 Å². The lowest BCUT2D eigenvalue weighted by Crippen LogP contribution is -2.47. The first-order valence-corrected chi connectivity index (χ1v) is 11.0. The first kappa shape index (κ1) is 23.7. The van der Waals surface area contributed by atoms with Gasteiger partial charge in [-0.25, -0.2) is 23.1 Å². The molecule has 1 aliphatic rings. The van der Waals surface area contributed by atoms with Gasteiger partial charge in [-0.3, -0.25) is 0 Å². The molecule has 1 fully saturated rings. The molecule has 1 saturated heterocycles. The summed E-state index contributed by atoms with van der Waals surface area (Å²) in [6, 6.07) is 13.0. The van der Waals surface area contributed by atoms with Gasteiger partial charge in [0.15, 0.2) is 17.5 Å². The molecule has 0 spiro atoms. The lowest BCUT2D eigenvalue weighted by molar-refractivity contribution is -0.137. The molecule has 36 heavy (non-hydrogen) atoms. The van der Waals surface area contributed by atoms with Gasteiger partial charge < -0.3 is 14.8 Å². The van der Waals surface area contributed by atoms with E-state index in [9.17, 15) is 26.3 Å². The zero-order valence-electron chi connectivity index (χ0n) is 18.7. The molecular formula is C25H19F6N5. The summed E-state index contributed by atoms with van der Waals surface area (Å²) in [6.07, 6.45) is -3.20. The van der Waals surface area contributed by atoms with Crippen molar-refractivity contribution in [3.8, 4) is 22.5 Å². The molecule has 186 valence electrons. The molecule has 1 aliphatic heterocycles. The molecule has 3 heterocycles. The number of benzene rings is 2. The topological polar surface area (TPSA) is 48.1 Å². The van der Waals surface area contributed by atoms with Crippen LogP contribution in [-0.2, 0) is 6.18 Å². The maximum Gasteiger partial charge on any atom is 0.419 e. The number of hydrogen-bond acceptors (Lipinski definition) is 4. The van der Waals surface area contributed by atoms with E-state index in [4.69, 9.17) is 0 Å². The molecule has 1 N–H and O–H groups in total. The minimum Gasteiger partial charge on any atom is -0.353 e. The number of nitrogens with one attached hydrogen (secondary N) is 1. The minimum absolute atomic E-state index is 0.0506. The molecule has 4 aromatic rings. The lowest BCUT2D eigenvalue weighted by atomic mass is 10.0. The smallest absolute Gasteiger partial charge is 0.353 e. The Bertz CT molecular complexity index is 1350. The standard InChI is InChI=1S/C25H19F6N5/c26-18-13-16(14-19(27)20(18)28)22-21(15-5-2-1-3-6-15)33-24(34-22)36-11-9-35(10-12-36)23-17(25(29,30)31)7-4-8-32-23/h1-8,13-14H,9-12H2,(H,33,34). The fraction of sp³-hybridized carbons (Fsp3) is 0.200. The highest BCUT2D eigenvalue weighted by Gasteiger charge is 2.36. The Morgan fingerprint density at radius 3 is 2.06 bits per heavy atom. The van der Waals surface area contributed by atoms with Gasteiger partial charge >= 0.3 is 6.18 Å². The van der Waals surface area contributed by atoms with E-state index in [0.29, 0.717) is 30.3 Å². The van der Waals surface area contributed by atoms with Gasteiger partial charge in [0.25, 0.3) is 0 Å². The average Bonchev–Trinajstić information content (AvgIpc) is 3.33. The van der Waals surface area contributed by atoms with Crippen molar-refractivity contribution in [1.82, 2.24) is 15.0 Å². The van der Waals surface area contributed by atoms with Crippen molar-refractivity contribution in [2.24, 2.45) is 0 Å². The van der Waals surface area contributed by atoms with Crippen LogP contribution in [0.3, 0.4) is 0 Å². The number of aromatic nitrogens is 3. The van der Waals surface area contributed by atoms with Gasteiger partial charge in [0, 0.05) is 43.5 Å². The molecule has 0 aliphatic carbocycles. The number of nitrogens with zero attached hydrogens (tertiary/aromatic N) is 4. The summed E-state index contributed by atoms with van der Waals surface area (Å²) in [5.41, 5.74) is 0.640. The monoisotopic (exact) mass is 503 g/mol. The van der Waals surface area contributed by atoms with Crippen molar-refractivity contribution in [1.29, 1.82) is 0 Å². The minimum atomic E-state index is -4.53. The number of aromatic amines is 1. The summed E-state index contributed by atoms with van der Waals surface area (Å²) >= 11 is 0. The lowest BCUT2D eigenvalue weighted by Gasteiger charge is -2.36. The fourth-order valence-corrected chi connectivity index (χ4v) is 4.23. The van der Waals surface area contributed by atoms with Gasteiger partial charge in [-0.2, -0.15) is 13.2 Å². The van der Waals surface area contributed by atoms with Gasteiger partial charge in [-0.1, -0.05) is 30.3 Å². The van der Waals surface area contributed by atoms with Crippen LogP contribution in [0.1, 0.15) is 5.56 Å². The van der Waals surface area contributed by atoms with Crippen LogP contribution in [0.15, 0.2) is 60.8 Å². The second-order valence-corrected chi connectivity index (χ2v) is 8.25. The fourth-order valence-electron chi connectivity index (χ4n) is 4.23. The molecule has 0 radical (unpaired) electrons. The highest BCUT2D eigenvalue weighted by Crippen LogP contribution is 2.37. The van der Waals surface area contributed by atoms with Crippen LogP contribution in [0.25, 0.3) is 22.5 Å². The summed E-state index contributed by atoms with van der Waals surface area (Å²) in [5, 5.41) is 0. The zero-order chi connectivity index (χ0) is 25.4. The predicted molar refractivity (Wildman–Crippen MR) is 123 cm³/mol. The second-order valence-electron chi connectivity index (χ2n) is 8.25. The van der Waals surface area contributed by atoms with Gasteiger partial charge in [-0.15, -0.1) is 0 Å². The van der Waals surface area contributed by atoms with Crippen LogP contribution >= 0.6 is 0 Å². The molecule has 0 unspecified atom stereocenters. The number of imidazole rings is 1. The number of hydrogen-bond donors (Lipinski definition) is 1. The van der Waals surface area contributed by atoms with E-state index in [0.717, 1.165) is 18.2 Å². The average molecular weight is 503 g/mol. The summed E-state index contributed by atoms with van der Waals surface area (Å²) in [6.45, 7) is 1.13. The van der Waals surface area contributed by atoms with Gasteiger partial charge in [0.2, 0.25) is 5.95 Å². The third kappa shape index (κ3) is 4.48. The molecule has 0 bridgehead atoms. The number of piperazine rings is 1. The first-order chi connectivity index (χ1) is 17.2. The van der Waals surface area contributed by atoms with E-state index in [1.54, 1.807) is 29.2 Å². The third-order valence-corrected chi connectivity index (χ3v) is 5.98. The molecule has 11 heteroatoms. The van der Waals surface area contributed by atoms with E-state index >= 15 is 0 Å². The SMILES string of the molecule is Fc1cc(-c2nc(N3CCN(c4ncccc4C(F)(F)F)CC3)[nH]c2-c2ccccc2)cc(F)c1F. The molecular weight excluding hydrogens is 484 g/mol. The number of halogens is 6. The number of alkyl halides is 3. The maximum atomic E-state index is 14.0. The van der Waals surface area contributed by atoms with Crippen molar-refractivity contribution < 1.29 is 26.3 Å². The predicted octanol–water partition coefficient (Wildman–Crippen LogP) is 5.90. The van der Waals surface area contributed by atoms with Crippen LogP contribution in [0, 0.1) is 17.5 Å². The largest absolute Gasteiger partial charge is 0.419 e. The Hall–Kier alpha value is -4.02. The van der Waals surface area contributed by atoms with Crippen LogP contribution < -0.4 is 9.80 Å². The Kier molecular flexibility index (Phi) is 6.07. The molecule has 0 amide bonds.